The van der Waals surface area contributed by atoms with E-state index < -0.39 is 0 Å². The highest BCUT2D eigenvalue weighted by Crippen LogP contribution is 2.26. The van der Waals surface area contributed by atoms with Gasteiger partial charge in [0.05, 0.1) is 6.10 Å². The zero-order valence-electron chi connectivity index (χ0n) is 10.8. The molecule has 1 aliphatic rings. The fraction of sp³-hybridized carbons (Fsp3) is 0.600. The van der Waals surface area contributed by atoms with E-state index in [4.69, 9.17) is 9.47 Å². The van der Waals surface area contributed by atoms with Gasteiger partial charge in [0.15, 0.2) is 0 Å². The maximum Gasteiger partial charge on any atom is 0.122 e. The Balaban J connectivity index is 1.93. The van der Waals surface area contributed by atoms with Gasteiger partial charge in [-0.2, -0.15) is 0 Å². The predicted molar refractivity (Wildman–Crippen MR) is 69.6 cm³/mol. The average Bonchev–Trinajstić information content (AvgIpc) is 2.38. The highest BCUT2D eigenvalue weighted by molar-refractivity contribution is 5.35. The Morgan fingerprint density at radius 2 is 2.12 bits per heavy atom. The highest BCUT2D eigenvalue weighted by atomic mass is 16.5. The first-order chi connectivity index (χ1) is 8.27. The lowest BCUT2D eigenvalue weighted by atomic mass is 10.0. The van der Waals surface area contributed by atoms with E-state index in [0.29, 0.717) is 12.5 Å². The molecule has 1 atom stereocenters. The Labute approximate surface area is 104 Å². The van der Waals surface area contributed by atoms with Gasteiger partial charge in [0, 0.05) is 6.61 Å². The molecule has 0 aliphatic carbocycles. The predicted octanol–water partition coefficient (Wildman–Crippen LogP) is 3.76. The molecule has 1 fully saturated rings. The second-order valence-corrected chi connectivity index (χ2v) is 4.99. The van der Waals surface area contributed by atoms with E-state index >= 15 is 0 Å². The van der Waals surface area contributed by atoms with Crippen molar-refractivity contribution >= 4 is 0 Å². The van der Waals surface area contributed by atoms with E-state index in [1.807, 2.05) is 6.07 Å². The zero-order valence-corrected chi connectivity index (χ0v) is 10.8. The van der Waals surface area contributed by atoms with E-state index in [2.05, 4.69) is 32.0 Å². The Morgan fingerprint density at radius 1 is 1.29 bits per heavy atom. The van der Waals surface area contributed by atoms with Crippen molar-refractivity contribution in [2.75, 3.05) is 13.2 Å². The molecule has 2 heteroatoms. The largest absolute Gasteiger partial charge is 0.491 e. The van der Waals surface area contributed by atoms with Gasteiger partial charge in [0.1, 0.15) is 12.4 Å². The Hall–Kier alpha value is -1.02. The first-order valence-electron chi connectivity index (χ1n) is 6.60. The van der Waals surface area contributed by atoms with Crippen molar-refractivity contribution in [2.24, 2.45) is 0 Å². The summed E-state index contributed by atoms with van der Waals surface area (Å²) in [4.78, 5) is 0. The monoisotopic (exact) mass is 234 g/mol. The number of hydrogen-bond acceptors (Lipinski definition) is 2. The second kappa shape index (κ2) is 6.06. The molecule has 17 heavy (non-hydrogen) atoms. The quantitative estimate of drug-likeness (QED) is 0.789. The molecule has 1 aliphatic heterocycles. The van der Waals surface area contributed by atoms with E-state index in [1.54, 1.807) is 0 Å². The number of para-hydroxylation sites is 1. The molecule has 0 saturated carbocycles. The first-order valence-corrected chi connectivity index (χ1v) is 6.60. The molecule has 0 bridgehead atoms. The molecule has 1 aromatic carbocycles. The van der Waals surface area contributed by atoms with E-state index in [1.165, 1.54) is 18.4 Å². The molecule has 0 N–H and O–H groups in total. The molecule has 2 nitrogen and oxygen atoms in total. The number of ether oxygens (including phenoxy) is 2. The topological polar surface area (TPSA) is 18.5 Å². The summed E-state index contributed by atoms with van der Waals surface area (Å²) in [5, 5.41) is 0. The van der Waals surface area contributed by atoms with Crippen molar-refractivity contribution in [2.45, 2.75) is 45.1 Å². The molecule has 0 radical (unpaired) electrons. The first kappa shape index (κ1) is 12.4. The lowest BCUT2D eigenvalue weighted by molar-refractivity contribution is -0.0112. The van der Waals surface area contributed by atoms with E-state index in [0.717, 1.165) is 18.8 Å². The van der Waals surface area contributed by atoms with Crippen LogP contribution in [0.25, 0.3) is 0 Å². The molecule has 1 heterocycles. The number of hydrogen-bond donors (Lipinski definition) is 0. The summed E-state index contributed by atoms with van der Waals surface area (Å²) in [5.41, 5.74) is 1.28. The third-order valence-electron chi connectivity index (χ3n) is 3.24. The smallest absolute Gasteiger partial charge is 0.122 e. The highest BCUT2D eigenvalue weighted by Gasteiger charge is 2.15. The Kier molecular flexibility index (Phi) is 4.43. The normalized spacial score (nSPS) is 20.5. The van der Waals surface area contributed by atoms with Gasteiger partial charge in [-0.25, -0.2) is 0 Å². The van der Waals surface area contributed by atoms with Crippen molar-refractivity contribution in [3.8, 4) is 5.75 Å². The van der Waals surface area contributed by atoms with Crippen LogP contribution < -0.4 is 4.74 Å². The van der Waals surface area contributed by atoms with Gasteiger partial charge in [-0.1, -0.05) is 32.0 Å². The zero-order chi connectivity index (χ0) is 12.1. The summed E-state index contributed by atoms with van der Waals surface area (Å²) in [5.74, 6) is 1.51. The Bertz CT molecular complexity index is 341. The van der Waals surface area contributed by atoms with Crippen molar-refractivity contribution < 1.29 is 9.47 Å². The molecule has 1 unspecified atom stereocenters. The summed E-state index contributed by atoms with van der Waals surface area (Å²) in [6.45, 7) is 5.96. The molecular formula is C15H22O2. The second-order valence-electron chi connectivity index (χ2n) is 4.99. The van der Waals surface area contributed by atoms with Crippen molar-refractivity contribution in [1.29, 1.82) is 0 Å². The van der Waals surface area contributed by atoms with Crippen molar-refractivity contribution in [3.05, 3.63) is 29.8 Å². The van der Waals surface area contributed by atoms with Crippen LogP contribution in [-0.4, -0.2) is 19.3 Å². The standard InChI is InChI=1S/C15H22O2/c1-12(2)14-8-3-4-9-15(14)17-11-13-7-5-6-10-16-13/h3-4,8-9,12-13H,5-7,10-11H2,1-2H3. The van der Waals surface area contributed by atoms with E-state index in [-0.39, 0.29) is 6.10 Å². The number of rotatable bonds is 4. The minimum Gasteiger partial charge on any atom is -0.491 e. The third kappa shape index (κ3) is 3.47. The molecular weight excluding hydrogens is 212 g/mol. The summed E-state index contributed by atoms with van der Waals surface area (Å²) in [6.07, 6.45) is 3.87. The van der Waals surface area contributed by atoms with Gasteiger partial charge < -0.3 is 9.47 Å². The fourth-order valence-corrected chi connectivity index (χ4v) is 2.21. The fourth-order valence-electron chi connectivity index (χ4n) is 2.21. The van der Waals surface area contributed by atoms with Crippen LogP contribution in [0.5, 0.6) is 5.75 Å². The maximum absolute atomic E-state index is 5.91. The Morgan fingerprint density at radius 3 is 2.82 bits per heavy atom. The molecule has 2 rings (SSSR count). The van der Waals surface area contributed by atoms with Crippen LogP contribution in [0.2, 0.25) is 0 Å². The maximum atomic E-state index is 5.91. The van der Waals surface area contributed by atoms with E-state index in [9.17, 15) is 0 Å². The molecule has 1 saturated heterocycles. The summed E-state index contributed by atoms with van der Waals surface area (Å²) in [7, 11) is 0. The van der Waals surface area contributed by atoms with Gasteiger partial charge in [-0.05, 0) is 36.8 Å². The van der Waals surface area contributed by atoms with Gasteiger partial charge in [-0.3, -0.25) is 0 Å². The summed E-state index contributed by atoms with van der Waals surface area (Å²) in [6, 6.07) is 8.29. The van der Waals surface area contributed by atoms with Gasteiger partial charge in [-0.15, -0.1) is 0 Å². The van der Waals surface area contributed by atoms with Gasteiger partial charge in [0.25, 0.3) is 0 Å². The minimum atomic E-state index is 0.281. The average molecular weight is 234 g/mol. The van der Waals surface area contributed by atoms with Crippen LogP contribution in [0.4, 0.5) is 0 Å². The van der Waals surface area contributed by atoms with Crippen molar-refractivity contribution in [3.63, 3.8) is 0 Å². The molecule has 1 aromatic rings. The SMILES string of the molecule is CC(C)c1ccccc1OCC1CCCCO1. The van der Waals surface area contributed by atoms with Crippen LogP contribution in [0.15, 0.2) is 24.3 Å². The van der Waals surface area contributed by atoms with Gasteiger partial charge >= 0.3 is 0 Å². The molecule has 0 amide bonds. The summed E-state index contributed by atoms with van der Waals surface area (Å²) < 4.78 is 11.6. The van der Waals surface area contributed by atoms with Crippen LogP contribution in [0.1, 0.15) is 44.6 Å². The van der Waals surface area contributed by atoms with Crippen molar-refractivity contribution in [1.82, 2.24) is 0 Å². The van der Waals surface area contributed by atoms with Crippen LogP contribution >= 0.6 is 0 Å². The lowest BCUT2D eigenvalue weighted by Crippen LogP contribution is -2.26. The van der Waals surface area contributed by atoms with Gasteiger partial charge in [0.2, 0.25) is 0 Å². The minimum absolute atomic E-state index is 0.281. The van der Waals surface area contributed by atoms with Crippen LogP contribution in [-0.2, 0) is 4.74 Å². The summed E-state index contributed by atoms with van der Waals surface area (Å²) >= 11 is 0. The third-order valence-corrected chi connectivity index (χ3v) is 3.24. The molecule has 0 spiro atoms. The molecule has 0 aromatic heterocycles. The van der Waals surface area contributed by atoms with Crippen LogP contribution in [0, 0.1) is 0 Å². The molecule has 94 valence electrons. The van der Waals surface area contributed by atoms with Crippen LogP contribution in [0.3, 0.4) is 0 Å². The lowest BCUT2D eigenvalue weighted by Gasteiger charge is -2.23. The number of benzene rings is 1.